The van der Waals surface area contributed by atoms with Gasteiger partial charge in [-0.25, -0.2) is 0 Å². The SMILES string of the molecule is CCCN1CCCC2(CCCN2CCCCOc2ccccc2)C1=O. The average Bonchev–Trinajstić information content (AvgIpc) is 3.03. The van der Waals surface area contributed by atoms with Crippen LogP contribution in [0.25, 0.3) is 0 Å². The Hall–Kier alpha value is -1.55. The second kappa shape index (κ2) is 8.70. The number of likely N-dealkylation sites (tertiary alicyclic amines) is 2. The minimum Gasteiger partial charge on any atom is -0.494 e. The van der Waals surface area contributed by atoms with Crippen LogP contribution in [0.15, 0.2) is 30.3 Å². The summed E-state index contributed by atoms with van der Waals surface area (Å²) in [6, 6.07) is 10.00. The summed E-state index contributed by atoms with van der Waals surface area (Å²) in [7, 11) is 0. The first-order valence-corrected chi connectivity index (χ1v) is 9.98. The van der Waals surface area contributed by atoms with Crippen LogP contribution in [0.5, 0.6) is 5.75 Å². The Morgan fingerprint density at radius 3 is 2.56 bits per heavy atom. The number of piperidine rings is 1. The lowest BCUT2D eigenvalue weighted by molar-refractivity contribution is -0.147. The van der Waals surface area contributed by atoms with E-state index in [1.54, 1.807) is 0 Å². The first-order chi connectivity index (χ1) is 12.3. The minimum atomic E-state index is -0.187. The van der Waals surface area contributed by atoms with Gasteiger partial charge in [-0.05, 0) is 70.2 Å². The number of ether oxygens (including phenoxy) is 1. The first-order valence-electron chi connectivity index (χ1n) is 9.98. The van der Waals surface area contributed by atoms with Crippen LogP contribution in [0, 0.1) is 0 Å². The third-order valence-electron chi connectivity index (χ3n) is 5.66. The van der Waals surface area contributed by atoms with E-state index < -0.39 is 0 Å². The summed E-state index contributed by atoms with van der Waals surface area (Å²) in [4.78, 5) is 17.7. The van der Waals surface area contributed by atoms with Crippen molar-refractivity contribution < 1.29 is 9.53 Å². The van der Waals surface area contributed by atoms with Crippen molar-refractivity contribution in [2.24, 2.45) is 0 Å². The molecule has 2 fully saturated rings. The normalized spacial score (nSPS) is 24.2. The maximum atomic E-state index is 13.1. The van der Waals surface area contributed by atoms with Crippen molar-refractivity contribution in [1.29, 1.82) is 0 Å². The van der Waals surface area contributed by atoms with Crippen LogP contribution in [0.2, 0.25) is 0 Å². The molecule has 1 spiro atoms. The van der Waals surface area contributed by atoms with Gasteiger partial charge in [-0.3, -0.25) is 9.69 Å². The van der Waals surface area contributed by atoms with Gasteiger partial charge in [0.25, 0.3) is 0 Å². The summed E-state index contributed by atoms with van der Waals surface area (Å²) >= 11 is 0. The number of amides is 1. The van der Waals surface area contributed by atoms with Crippen LogP contribution in [0.1, 0.15) is 51.9 Å². The molecule has 0 radical (unpaired) electrons. The van der Waals surface area contributed by atoms with Gasteiger partial charge in [-0.2, -0.15) is 0 Å². The predicted octanol–water partition coefficient (Wildman–Crippen LogP) is 3.71. The quantitative estimate of drug-likeness (QED) is 0.674. The molecule has 1 amide bonds. The largest absolute Gasteiger partial charge is 0.494 e. The number of para-hydroxylation sites is 1. The fraction of sp³-hybridized carbons (Fsp3) is 0.667. The molecule has 1 unspecified atom stereocenters. The summed E-state index contributed by atoms with van der Waals surface area (Å²) in [5.74, 6) is 1.34. The molecule has 138 valence electrons. The topological polar surface area (TPSA) is 32.8 Å². The average molecular weight is 344 g/mol. The molecule has 1 aromatic rings. The second-order valence-electron chi connectivity index (χ2n) is 7.39. The lowest BCUT2D eigenvalue weighted by Crippen LogP contribution is -2.60. The molecule has 0 bridgehead atoms. The lowest BCUT2D eigenvalue weighted by atomic mass is 9.85. The first kappa shape index (κ1) is 18.2. The fourth-order valence-electron chi connectivity index (χ4n) is 4.45. The summed E-state index contributed by atoms with van der Waals surface area (Å²) in [5.41, 5.74) is -0.187. The molecule has 0 saturated carbocycles. The minimum absolute atomic E-state index is 0.187. The fourth-order valence-corrected chi connectivity index (χ4v) is 4.45. The molecule has 4 heteroatoms. The van der Waals surface area contributed by atoms with Crippen molar-refractivity contribution in [1.82, 2.24) is 9.80 Å². The van der Waals surface area contributed by atoms with E-state index in [9.17, 15) is 4.79 Å². The molecule has 0 aromatic heterocycles. The Kier molecular flexibility index (Phi) is 6.35. The van der Waals surface area contributed by atoms with Gasteiger partial charge in [0.2, 0.25) is 5.91 Å². The van der Waals surface area contributed by atoms with Crippen molar-refractivity contribution in [3.8, 4) is 5.75 Å². The molecule has 2 aliphatic heterocycles. The smallest absolute Gasteiger partial charge is 0.243 e. The van der Waals surface area contributed by atoms with E-state index in [1.807, 2.05) is 30.3 Å². The Bertz CT molecular complexity index is 546. The number of rotatable bonds is 8. The van der Waals surface area contributed by atoms with E-state index >= 15 is 0 Å². The summed E-state index contributed by atoms with van der Waals surface area (Å²) < 4.78 is 5.78. The summed E-state index contributed by atoms with van der Waals surface area (Å²) in [5, 5.41) is 0. The van der Waals surface area contributed by atoms with Gasteiger partial charge < -0.3 is 9.64 Å². The van der Waals surface area contributed by atoms with Crippen LogP contribution >= 0.6 is 0 Å². The van der Waals surface area contributed by atoms with Gasteiger partial charge in [0.15, 0.2) is 0 Å². The van der Waals surface area contributed by atoms with Crippen molar-refractivity contribution in [3.05, 3.63) is 30.3 Å². The van der Waals surface area contributed by atoms with Crippen molar-refractivity contribution >= 4 is 5.91 Å². The number of carbonyl (C=O) groups excluding carboxylic acids is 1. The van der Waals surface area contributed by atoms with E-state index in [0.29, 0.717) is 5.91 Å². The van der Waals surface area contributed by atoms with Crippen molar-refractivity contribution in [2.45, 2.75) is 57.4 Å². The number of nitrogens with zero attached hydrogens (tertiary/aromatic N) is 2. The molecule has 2 heterocycles. The van der Waals surface area contributed by atoms with Crippen LogP contribution < -0.4 is 4.74 Å². The summed E-state index contributed by atoms with van der Waals surface area (Å²) in [6.45, 7) is 6.87. The molecule has 0 aliphatic carbocycles. The number of benzene rings is 1. The van der Waals surface area contributed by atoms with E-state index in [0.717, 1.165) is 83.5 Å². The highest BCUT2D eigenvalue weighted by Gasteiger charge is 2.50. The summed E-state index contributed by atoms with van der Waals surface area (Å²) in [6.07, 6.45) is 7.59. The van der Waals surface area contributed by atoms with Gasteiger partial charge in [-0.15, -0.1) is 0 Å². The van der Waals surface area contributed by atoms with E-state index in [4.69, 9.17) is 4.74 Å². The van der Waals surface area contributed by atoms with Crippen molar-refractivity contribution in [3.63, 3.8) is 0 Å². The van der Waals surface area contributed by atoms with Crippen LogP contribution in [-0.4, -0.2) is 54.0 Å². The van der Waals surface area contributed by atoms with Crippen LogP contribution in [0.4, 0.5) is 0 Å². The van der Waals surface area contributed by atoms with Gasteiger partial charge >= 0.3 is 0 Å². The Balaban J connectivity index is 1.47. The maximum absolute atomic E-state index is 13.1. The molecular weight excluding hydrogens is 312 g/mol. The van der Waals surface area contributed by atoms with Gasteiger partial charge in [0.1, 0.15) is 11.3 Å². The van der Waals surface area contributed by atoms with E-state index in [1.165, 1.54) is 0 Å². The molecule has 3 rings (SSSR count). The highest BCUT2D eigenvalue weighted by molar-refractivity contribution is 5.87. The van der Waals surface area contributed by atoms with E-state index in [2.05, 4.69) is 16.7 Å². The van der Waals surface area contributed by atoms with Crippen LogP contribution in [-0.2, 0) is 4.79 Å². The number of unbranched alkanes of at least 4 members (excludes halogenated alkanes) is 1. The van der Waals surface area contributed by atoms with Crippen molar-refractivity contribution in [2.75, 3.05) is 32.8 Å². The molecule has 2 saturated heterocycles. The Labute approximate surface area is 152 Å². The number of hydrogen-bond donors (Lipinski definition) is 0. The number of carbonyl (C=O) groups is 1. The zero-order valence-electron chi connectivity index (χ0n) is 15.6. The molecule has 2 aliphatic rings. The molecule has 1 atom stereocenters. The highest BCUT2D eigenvalue weighted by Crippen LogP contribution is 2.38. The van der Waals surface area contributed by atoms with Gasteiger partial charge in [-0.1, -0.05) is 25.1 Å². The van der Waals surface area contributed by atoms with E-state index in [-0.39, 0.29) is 5.54 Å². The molecule has 4 nitrogen and oxygen atoms in total. The standard InChI is InChI=1S/C21H32N2O2/c1-2-14-22-15-8-12-21(20(22)24)13-9-17-23(21)16-6-7-18-25-19-10-4-3-5-11-19/h3-5,10-11H,2,6-9,12-18H2,1H3. The highest BCUT2D eigenvalue weighted by atomic mass is 16.5. The van der Waals surface area contributed by atoms with Crippen LogP contribution in [0.3, 0.4) is 0 Å². The molecule has 0 N–H and O–H groups in total. The second-order valence-corrected chi connectivity index (χ2v) is 7.39. The zero-order valence-corrected chi connectivity index (χ0v) is 15.6. The third-order valence-corrected chi connectivity index (χ3v) is 5.66. The number of hydrogen-bond acceptors (Lipinski definition) is 3. The maximum Gasteiger partial charge on any atom is 0.243 e. The third kappa shape index (κ3) is 4.17. The van der Waals surface area contributed by atoms with Gasteiger partial charge in [0, 0.05) is 13.1 Å². The molecular formula is C21H32N2O2. The van der Waals surface area contributed by atoms with Gasteiger partial charge in [0.05, 0.1) is 6.61 Å². The molecule has 25 heavy (non-hydrogen) atoms. The zero-order chi connectivity index (χ0) is 17.5. The monoisotopic (exact) mass is 344 g/mol. The predicted molar refractivity (Wildman–Crippen MR) is 101 cm³/mol. The lowest BCUT2D eigenvalue weighted by Gasteiger charge is -2.44. The Morgan fingerprint density at radius 2 is 1.80 bits per heavy atom. The molecule has 1 aromatic carbocycles. The Morgan fingerprint density at radius 1 is 1.04 bits per heavy atom.